The minimum absolute atomic E-state index is 0.0637. The number of rotatable bonds is 2. The molecule has 0 unspecified atom stereocenters. The summed E-state index contributed by atoms with van der Waals surface area (Å²) in [6.45, 7) is 2.83. The van der Waals surface area contributed by atoms with Gasteiger partial charge in [-0.3, -0.25) is 4.79 Å². The summed E-state index contributed by atoms with van der Waals surface area (Å²) in [5.41, 5.74) is -0.260. The van der Waals surface area contributed by atoms with Crippen LogP contribution in [0.1, 0.15) is 35.7 Å². The summed E-state index contributed by atoms with van der Waals surface area (Å²) in [5, 5.41) is 3.13. The van der Waals surface area contributed by atoms with Gasteiger partial charge >= 0.3 is 0 Å². The van der Waals surface area contributed by atoms with Crippen LogP contribution in [0.25, 0.3) is 0 Å². The Labute approximate surface area is 94.9 Å². The zero-order valence-electron chi connectivity index (χ0n) is 9.42. The first kappa shape index (κ1) is 11.3. The average molecular weight is 221 g/mol. The first-order chi connectivity index (χ1) is 7.63. The Morgan fingerprint density at radius 1 is 1.31 bits per heavy atom. The van der Waals surface area contributed by atoms with E-state index >= 15 is 0 Å². The number of carbonyl (C=O) groups excluding carboxylic acids is 1. The lowest BCUT2D eigenvalue weighted by Crippen LogP contribution is -2.37. The number of nitrogens with one attached hydrogen (secondary N) is 1. The lowest BCUT2D eigenvalue weighted by molar-refractivity contribution is 0.0971. The molecule has 1 aliphatic rings. The molecule has 1 heterocycles. The van der Waals surface area contributed by atoms with Crippen LogP contribution in [0.2, 0.25) is 0 Å². The van der Waals surface area contributed by atoms with E-state index in [-0.39, 0.29) is 5.78 Å². The van der Waals surface area contributed by atoms with E-state index in [1.807, 2.05) is 0 Å². The van der Waals surface area contributed by atoms with Gasteiger partial charge in [0.25, 0.3) is 0 Å². The van der Waals surface area contributed by atoms with E-state index in [9.17, 15) is 9.18 Å². The molecule has 1 aromatic carbocycles. The monoisotopic (exact) mass is 221 g/mol. The predicted molar refractivity (Wildman–Crippen MR) is 61.3 cm³/mol. The lowest BCUT2D eigenvalue weighted by atomic mass is 9.83. The smallest absolute Gasteiger partial charge is 0.160 e. The number of benzene rings is 1. The Morgan fingerprint density at radius 3 is 2.56 bits per heavy atom. The highest BCUT2D eigenvalue weighted by molar-refractivity contribution is 5.95. The number of alkyl halides is 1. The van der Waals surface area contributed by atoms with E-state index in [0.29, 0.717) is 37.1 Å². The van der Waals surface area contributed by atoms with Gasteiger partial charge in [0.15, 0.2) is 5.78 Å². The maximum Gasteiger partial charge on any atom is 0.160 e. The molecule has 0 saturated carbocycles. The predicted octanol–water partition coefficient (Wildman–Crippen LogP) is 2.44. The molecule has 1 aliphatic heterocycles. The van der Waals surface area contributed by atoms with Gasteiger partial charge in [-0.15, -0.1) is 0 Å². The Balaban J connectivity index is 2.42. The Kier molecular flexibility index (Phi) is 3.06. The molecule has 0 radical (unpaired) electrons. The molecular formula is C13H16FNO. The van der Waals surface area contributed by atoms with Crippen molar-refractivity contribution in [2.24, 2.45) is 0 Å². The number of piperidine rings is 1. The van der Waals surface area contributed by atoms with E-state index in [1.165, 1.54) is 6.92 Å². The van der Waals surface area contributed by atoms with Crippen molar-refractivity contribution in [1.29, 1.82) is 0 Å². The standard InChI is InChI=1S/C13H16FNO/c1-10(16)11-4-2-3-5-12(11)13(14)6-8-15-9-7-13/h2-5,15H,6-9H2,1H3. The van der Waals surface area contributed by atoms with Gasteiger partial charge in [0.2, 0.25) is 0 Å². The summed E-state index contributed by atoms with van der Waals surface area (Å²) in [5.74, 6) is -0.0637. The van der Waals surface area contributed by atoms with Crippen molar-refractivity contribution < 1.29 is 9.18 Å². The van der Waals surface area contributed by atoms with E-state index < -0.39 is 5.67 Å². The maximum atomic E-state index is 14.7. The van der Waals surface area contributed by atoms with Crippen LogP contribution in [-0.2, 0) is 5.67 Å². The van der Waals surface area contributed by atoms with E-state index in [0.717, 1.165) is 0 Å². The van der Waals surface area contributed by atoms with Crippen molar-refractivity contribution in [2.75, 3.05) is 13.1 Å². The Bertz CT molecular complexity index is 397. The summed E-state index contributed by atoms with van der Waals surface area (Å²) in [4.78, 5) is 11.5. The molecule has 1 saturated heterocycles. The van der Waals surface area contributed by atoms with Gasteiger partial charge in [-0.2, -0.15) is 0 Å². The molecule has 1 fully saturated rings. The summed E-state index contributed by atoms with van der Waals surface area (Å²) < 4.78 is 14.7. The molecule has 1 N–H and O–H groups in total. The molecule has 0 spiro atoms. The van der Waals surface area contributed by atoms with Gasteiger partial charge in [-0.1, -0.05) is 24.3 Å². The molecule has 1 aromatic rings. The van der Waals surface area contributed by atoms with Crippen molar-refractivity contribution in [2.45, 2.75) is 25.4 Å². The Morgan fingerprint density at radius 2 is 1.94 bits per heavy atom. The topological polar surface area (TPSA) is 29.1 Å². The highest BCUT2D eigenvalue weighted by Crippen LogP contribution is 2.36. The van der Waals surface area contributed by atoms with E-state index in [2.05, 4.69) is 5.32 Å². The number of carbonyl (C=O) groups is 1. The highest BCUT2D eigenvalue weighted by Gasteiger charge is 2.35. The molecule has 0 amide bonds. The van der Waals surface area contributed by atoms with Crippen molar-refractivity contribution in [3.05, 3.63) is 35.4 Å². The first-order valence-electron chi connectivity index (χ1n) is 5.63. The minimum atomic E-state index is -1.34. The molecule has 2 rings (SSSR count). The number of hydrogen-bond donors (Lipinski definition) is 1. The largest absolute Gasteiger partial charge is 0.316 e. The fourth-order valence-corrected chi connectivity index (χ4v) is 2.27. The van der Waals surface area contributed by atoms with Crippen LogP contribution in [-0.4, -0.2) is 18.9 Å². The first-order valence-corrected chi connectivity index (χ1v) is 5.63. The molecule has 16 heavy (non-hydrogen) atoms. The second-order valence-corrected chi connectivity index (χ2v) is 4.32. The number of halogens is 1. The number of Topliss-reactive ketones (excluding diaryl/α,β-unsaturated/α-hetero) is 1. The molecule has 3 heteroatoms. The third-order valence-electron chi connectivity index (χ3n) is 3.19. The van der Waals surface area contributed by atoms with Crippen molar-refractivity contribution in [1.82, 2.24) is 5.32 Å². The van der Waals surface area contributed by atoms with Gasteiger partial charge in [0.1, 0.15) is 5.67 Å². The average Bonchev–Trinajstić information content (AvgIpc) is 2.30. The summed E-state index contributed by atoms with van der Waals surface area (Å²) in [6.07, 6.45) is 0.884. The SMILES string of the molecule is CC(=O)c1ccccc1C1(F)CCNCC1. The number of ketones is 1. The van der Waals surface area contributed by atoms with Crippen LogP contribution < -0.4 is 5.32 Å². The fourth-order valence-electron chi connectivity index (χ4n) is 2.27. The molecule has 86 valence electrons. The summed E-state index contributed by atoms with van der Waals surface area (Å²) in [7, 11) is 0. The van der Waals surface area contributed by atoms with Crippen LogP contribution in [0.4, 0.5) is 4.39 Å². The zero-order valence-corrected chi connectivity index (χ0v) is 9.42. The second-order valence-electron chi connectivity index (χ2n) is 4.32. The third-order valence-corrected chi connectivity index (χ3v) is 3.19. The third kappa shape index (κ3) is 2.00. The zero-order chi connectivity index (χ0) is 11.6. The van der Waals surface area contributed by atoms with Crippen LogP contribution in [0.5, 0.6) is 0 Å². The van der Waals surface area contributed by atoms with Gasteiger partial charge in [-0.05, 0) is 38.4 Å². The molecular weight excluding hydrogens is 205 g/mol. The molecule has 0 bridgehead atoms. The normalized spacial score (nSPS) is 19.4. The van der Waals surface area contributed by atoms with Gasteiger partial charge < -0.3 is 5.32 Å². The molecule has 0 aliphatic carbocycles. The van der Waals surface area contributed by atoms with Crippen molar-refractivity contribution in [3.8, 4) is 0 Å². The van der Waals surface area contributed by atoms with Gasteiger partial charge in [0, 0.05) is 5.56 Å². The number of hydrogen-bond acceptors (Lipinski definition) is 2. The van der Waals surface area contributed by atoms with E-state index in [4.69, 9.17) is 0 Å². The van der Waals surface area contributed by atoms with Crippen LogP contribution in [0.3, 0.4) is 0 Å². The van der Waals surface area contributed by atoms with Gasteiger partial charge in [-0.25, -0.2) is 4.39 Å². The molecule has 2 nitrogen and oxygen atoms in total. The van der Waals surface area contributed by atoms with Crippen molar-refractivity contribution >= 4 is 5.78 Å². The molecule has 0 aromatic heterocycles. The van der Waals surface area contributed by atoms with Gasteiger partial charge in [0.05, 0.1) is 0 Å². The second kappa shape index (κ2) is 4.34. The van der Waals surface area contributed by atoms with E-state index in [1.54, 1.807) is 24.3 Å². The Hall–Kier alpha value is -1.22. The van der Waals surface area contributed by atoms with Crippen molar-refractivity contribution in [3.63, 3.8) is 0 Å². The molecule has 0 atom stereocenters. The highest BCUT2D eigenvalue weighted by atomic mass is 19.1. The quantitative estimate of drug-likeness (QED) is 0.777. The van der Waals surface area contributed by atoms with Crippen LogP contribution in [0.15, 0.2) is 24.3 Å². The maximum absolute atomic E-state index is 14.7. The minimum Gasteiger partial charge on any atom is -0.316 e. The van der Waals surface area contributed by atoms with Crippen LogP contribution >= 0.6 is 0 Å². The lowest BCUT2D eigenvalue weighted by Gasteiger charge is -2.31. The summed E-state index contributed by atoms with van der Waals surface area (Å²) in [6, 6.07) is 7.03. The summed E-state index contributed by atoms with van der Waals surface area (Å²) >= 11 is 0. The fraction of sp³-hybridized carbons (Fsp3) is 0.462. The van der Waals surface area contributed by atoms with Crippen LogP contribution in [0, 0.1) is 0 Å².